The summed E-state index contributed by atoms with van der Waals surface area (Å²) in [5.41, 5.74) is 2.55. The van der Waals surface area contributed by atoms with Crippen LogP contribution in [0.2, 0.25) is 0 Å². The lowest BCUT2D eigenvalue weighted by atomic mass is 9.67. The van der Waals surface area contributed by atoms with Gasteiger partial charge in [0.15, 0.2) is 0 Å². The van der Waals surface area contributed by atoms with E-state index in [4.69, 9.17) is 4.74 Å². The van der Waals surface area contributed by atoms with Crippen LogP contribution in [0.25, 0.3) is 0 Å². The predicted octanol–water partition coefficient (Wildman–Crippen LogP) is 3.88. The van der Waals surface area contributed by atoms with Crippen molar-refractivity contribution in [3.05, 3.63) is 28.8 Å². The van der Waals surface area contributed by atoms with Crippen molar-refractivity contribution in [3.8, 4) is 5.75 Å². The minimum absolute atomic E-state index is 0.0291. The second-order valence-corrected chi connectivity index (χ2v) is 10.2. The Morgan fingerprint density at radius 3 is 2.37 bits per heavy atom. The fourth-order valence-electron chi connectivity index (χ4n) is 4.75. The van der Waals surface area contributed by atoms with E-state index in [1.54, 1.807) is 0 Å². The molecule has 1 spiro atoms. The second-order valence-electron chi connectivity index (χ2n) is 10.2. The molecule has 1 aliphatic heterocycles. The van der Waals surface area contributed by atoms with Gasteiger partial charge in [0.05, 0.1) is 6.54 Å². The highest BCUT2D eigenvalue weighted by atomic mass is 16.5. The number of β-amino-alcohol motifs (C(OH)–C–C–N with tert-alkyl or cyclic N) is 1. The number of imide groups is 1. The third-order valence-corrected chi connectivity index (χ3v) is 7.00. The average Bonchev–Trinajstić information content (AvgIpc) is 2.88. The van der Waals surface area contributed by atoms with E-state index in [9.17, 15) is 14.7 Å². The zero-order valence-corrected chi connectivity index (χ0v) is 19.2. The van der Waals surface area contributed by atoms with E-state index >= 15 is 0 Å². The number of hydrogen-bond acceptors (Lipinski definition) is 4. The minimum atomic E-state index is -0.944. The number of rotatable bonds is 5. The third kappa shape index (κ3) is 4.34. The largest absolute Gasteiger partial charge is 0.490 e. The van der Waals surface area contributed by atoms with Gasteiger partial charge in [-0.15, -0.1) is 0 Å². The summed E-state index contributed by atoms with van der Waals surface area (Å²) in [4.78, 5) is 26.8. The predicted molar refractivity (Wildman–Crippen MR) is 117 cm³/mol. The molecule has 1 aliphatic carbocycles. The molecule has 0 bridgehead atoms. The van der Waals surface area contributed by atoms with Crippen molar-refractivity contribution in [2.24, 2.45) is 11.3 Å². The maximum atomic E-state index is 13.1. The van der Waals surface area contributed by atoms with Crippen molar-refractivity contribution in [2.75, 3.05) is 13.2 Å². The molecule has 1 saturated heterocycles. The highest BCUT2D eigenvalue weighted by Gasteiger charge is 2.53. The van der Waals surface area contributed by atoms with Gasteiger partial charge in [-0.1, -0.05) is 32.9 Å². The van der Waals surface area contributed by atoms with Crippen LogP contribution in [0.1, 0.15) is 63.1 Å². The number of carbonyl (C=O) groups excluding carboxylic acids is 2. The number of urea groups is 1. The summed E-state index contributed by atoms with van der Waals surface area (Å²) >= 11 is 0. The second kappa shape index (κ2) is 8.22. The summed E-state index contributed by atoms with van der Waals surface area (Å²) in [7, 11) is 0. The van der Waals surface area contributed by atoms with Crippen LogP contribution in [-0.4, -0.2) is 46.7 Å². The van der Waals surface area contributed by atoms with Crippen molar-refractivity contribution in [1.29, 1.82) is 0 Å². The molecule has 1 aromatic rings. The number of ether oxygens (including phenoxy) is 1. The Bertz CT molecular complexity index is 819. The molecule has 1 atom stereocenters. The Kier molecular flexibility index (Phi) is 6.19. The highest BCUT2D eigenvalue weighted by Crippen LogP contribution is 2.43. The van der Waals surface area contributed by atoms with E-state index in [0.29, 0.717) is 18.8 Å². The lowest BCUT2D eigenvalue weighted by Gasteiger charge is -2.40. The first-order valence-corrected chi connectivity index (χ1v) is 11.0. The first-order chi connectivity index (χ1) is 13.9. The molecule has 30 heavy (non-hydrogen) atoms. The van der Waals surface area contributed by atoms with Gasteiger partial charge < -0.3 is 15.2 Å². The van der Waals surface area contributed by atoms with Crippen LogP contribution in [0.5, 0.6) is 5.75 Å². The quantitative estimate of drug-likeness (QED) is 0.714. The van der Waals surface area contributed by atoms with Crippen LogP contribution in [-0.2, 0) is 4.79 Å². The van der Waals surface area contributed by atoms with Gasteiger partial charge in [0, 0.05) is 0 Å². The Labute approximate surface area is 180 Å². The fourth-order valence-corrected chi connectivity index (χ4v) is 4.75. The number of carbonyl (C=O) groups is 2. The van der Waals surface area contributed by atoms with Gasteiger partial charge in [0.25, 0.3) is 5.91 Å². The number of amides is 3. The molecular formula is C24H36N2O4. The Balaban J connectivity index is 1.60. The molecule has 0 radical (unpaired) electrons. The van der Waals surface area contributed by atoms with Crippen LogP contribution in [0.3, 0.4) is 0 Å². The van der Waals surface area contributed by atoms with E-state index in [-0.39, 0.29) is 24.5 Å². The van der Waals surface area contributed by atoms with E-state index in [2.05, 4.69) is 26.1 Å². The zero-order valence-electron chi connectivity index (χ0n) is 19.2. The van der Waals surface area contributed by atoms with Crippen molar-refractivity contribution in [1.82, 2.24) is 10.2 Å². The monoisotopic (exact) mass is 416 g/mol. The maximum Gasteiger partial charge on any atom is 0.325 e. The van der Waals surface area contributed by atoms with Gasteiger partial charge in [-0.05, 0) is 74.5 Å². The molecule has 3 rings (SSSR count). The van der Waals surface area contributed by atoms with Gasteiger partial charge in [0.1, 0.15) is 24.0 Å². The Morgan fingerprint density at radius 1 is 1.17 bits per heavy atom. The van der Waals surface area contributed by atoms with E-state index in [0.717, 1.165) is 35.3 Å². The molecule has 2 fully saturated rings. The number of aryl methyl sites for hydroxylation is 2. The van der Waals surface area contributed by atoms with Gasteiger partial charge >= 0.3 is 6.03 Å². The molecule has 2 aliphatic rings. The molecule has 2 N–H and O–H groups in total. The number of aliphatic hydroxyl groups excluding tert-OH is 1. The van der Waals surface area contributed by atoms with Crippen LogP contribution < -0.4 is 10.1 Å². The van der Waals surface area contributed by atoms with Crippen molar-refractivity contribution >= 4 is 11.9 Å². The summed E-state index contributed by atoms with van der Waals surface area (Å²) in [5.74, 6) is 1.09. The SMILES string of the molecule is Cc1ccc(C)c(OC[C@H](O)CN2C(=O)NC3(CCC(C(C)(C)C)CC3)C2=O)c1C. The molecule has 0 unspecified atom stereocenters. The van der Waals surface area contributed by atoms with Gasteiger partial charge in [-0.25, -0.2) is 4.79 Å². The van der Waals surface area contributed by atoms with Crippen molar-refractivity contribution in [3.63, 3.8) is 0 Å². The molecule has 1 saturated carbocycles. The summed E-state index contributed by atoms with van der Waals surface area (Å²) in [6.07, 6.45) is 2.20. The minimum Gasteiger partial charge on any atom is -0.490 e. The average molecular weight is 417 g/mol. The first kappa shape index (κ1) is 22.6. The number of nitrogens with zero attached hydrogens (tertiary/aromatic N) is 1. The lowest BCUT2D eigenvalue weighted by Crippen LogP contribution is -2.51. The summed E-state index contributed by atoms with van der Waals surface area (Å²) in [5, 5.41) is 13.4. The van der Waals surface area contributed by atoms with Crippen LogP contribution in [0.15, 0.2) is 12.1 Å². The smallest absolute Gasteiger partial charge is 0.325 e. The summed E-state index contributed by atoms with van der Waals surface area (Å²) in [6, 6.07) is 3.62. The first-order valence-electron chi connectivity index (χ1n) is 11.0. The highest BCUT2D eigenvalue weighted by molar-refractivity contribution is 6.07. The van der Waals surface area contributed by atoms with Crippen LogP contribution >= 0.6 is 0 Å². The van der Waals surface area contributed by atoms with E-state index in [1.165, 1.54) is 4.90 Å². The third-order valence-electron chi connectivity index (χ3n) is 7.00. The molecule has 3 amide bonds. The maximum absolute atomic E-state index is 13.1. The Hall–Kier alpha value is -2.08. The Morgan fingerprint density at radius 2 is 1.77 bits per heavy atom. The number of hydrogen-bond donors (Lipinski definition) is 2. The number of aliphatic hydroxyl groups is 1. The molecule has 6 heteroatoms. The summed E-state index contributed by atoms with van der Waals surface area (Å²) in [6.45, 7) is 12.6. The summed E-state index contributed by atoms with van der Waals surface area (Å²) < 4.78 is 5.86. The van der Waals surface area contributed by atoms with Crippen molar-refractivity contribution in [2.45, 2.75) is 78.9 Å². The number of nitrogens with one attached hydrogen (secondary N) is 1. The molecule has 0 aromatic heterocycles. The van der Waals surface area contributed by atoms with Crippen LogP contribution in [0, 0.1) is 32.1 Å². The van der Waals surface area contributed by atoms with Gasteiger partial charge in [-0.2, -0.15) is 0 Å². The van der Waals surface area contributed by atoms with E-state index in [1.807, 2.05) is 32.9 Å². The molecule has 1 heterocycles. The van der Waals surface area contributed by atoms with Gasteiger partial charge in [-0.3, -0.25) is 9.69 Å². The molecule has 166 valence electrons. The molecule has 6 nitrogen and oxygen atoms in total. The molecular weight excluding hydrogens is 380 g/mol. The molecule has 1 aromatic carbocycles. The fraction of sp³-hybridized carbons (Fsp3) is 0.667. The van der Waals surface area contributed by atoms with Gasteiger partial charge in [0.2, 0.25) is 0 Å². The zero-order chi connectivity index (χ0) is 22.3. The van der Waals surface area contributed by atoms with Crippen LogP contribution in [0.4, 0.5) is 4.79 Å². The normalized spacial score (nSPS) is 25.6. The lowest BCUT2D eigenvalue weighted by molar-refractivity contribution is -0.134. The standard InChI is InChI=1S/C24H36N2O4/c1-15-7-8-16(2)20(17(15)3)30-14-19(27)13-26-21(28)24(25-22(26)29)11-9-18(10-12-24)23(4,5)6/h7-8,18-19,27H,9-14H2,1-6H3,(H,25,29)/t18?,19-,24?/m1/s1. The topological polar surface area (TPSA) is 78.9 Å². The van der Waals surface area contributed by atoms with Crippen molar-refractivity contribution < 1.29 is 19.4 Å². The number of benzene rings is 1. The van der Waals surface area contributed by atoms with E-state index < -0.39 is 17.7 Å².